The summed E-state index contributed by atoms with van der Waals surface area (Å²) in [5.41, 5.74) is 0. The third-order valence-corrected chi connectivity index (χ3v) is 4.16. The van der Waals surface area contributed by atoms with Crippen LogP contribution in [-0.2, 0) is 4.57 Å². The third kappa shape index (κ3) is 5.33. The minimum atomic E-state index is -4.02. The van der Waals surface area contributed by atoms with Crippen molar-refractivity contribution in [2.24, 2.45) is 0 Å². The molecule has 0 radical (unpaired) electrons. The highest BCUT2D eigenvalue weighted by Crippen LogP contribution is 2.37. The van der Waals surface area contributed by atoms with Crippen LogP contribution < -0.4 is 0 Å². The molecule has 7 heteroatoms. The standard InChI is InChI=1S/C8H18NO4PS/c1-7(10)4-9(6-14(11,12)13)8-2-3-15-5-8/h7-8,10H,2-6H2,1H3,(H2,11,12,13). The first kappa shape index (κ1) is 13.5. The zero-order chi connectivity index (χ0) is 11.5. The fourth-order valence-electron chi connectivity index (χ4n) is 1.71. The number of hydrogen-bond acceptors (Lipinski definition) is 4. The van der Waals surface area contributed by atoms with Crippen LogP contribution in [0, 0.1) is 0 Å². The Hall–Kier alpha value is 0.420. The topological polar surface area (TPSA) is 81.0 Å². The molecule has 1 heterocycles. The van der Waals surface area contributed by atoms with E-state index in [1.165, 1.54) is 0 Å². The van der Waals surface area contributed by atoms with Crippen molar-refractivity contribution in [1.29, 1.82) is 0 Å². The first-order chi connectivity index (χ1) is 6.88. The molecule has 1 aliphatic rings. The fourth-order valence-corrected chi connectivity index (χ4v) is 3.78. The van der Waals surface area contributed by atoms with Gasteiger partial charge in [0.25, 0.3) is 0 Å². The summed E-state index contributed by atoms with van der Waals surface area (Å²) in [5, 5.41) is 9.28. The lowest BCUT2D eigenvalue weighted by atomic mass is 10.2. The normalized spacial score (nSPS) is 24.7. The first-order valence-corrected chi connectivity index (χ1v) is 7.88. The van der Waals surface area contributed by atoms with Crippen LogP contribution in [-0.4, -0.2) is 56.3 Å². The number of thioether (sulfide) groups is 1. The second kappa shape index (κ2) is 5.66. The van der Waals surface area contributed by atoms with Crippen molar-refractivity contribution >= 4 is 19.4 Å². The van der Waals surface area contributed by atoms with Crippen molar-refractivity contribution in [2.75, 3.05) is 24.3 Å². The predicted octanol–water partition coefficient (Wildman–Crippen LogP) is 0.310. The van der Waals surface area contributed by atoms with E-state index in [-0.39, 0.29) is 12.3 Å². The van der Waals surface area contributed by atoms with Crippen molar-refractivity contribution < 1.29 is 19.5 Å². The highest BCUT2D eigenvalue weighted by Gasteiger charge is 2.28. The number of aliphatic hydroxyl groups is 1. The number of aliphatic hydroxyl groups excluding tert-OH is 1. The summed E-state index contributed by atoms with van der Waals surface area (Å²) in [6.45, 7) is 1.96. The summed E-state index contributed by atoms with van der Waals surface area (Å²) < 4.78 is 10.9. The Bertz CT molecular complexity index is 239. The van der Waals surface area contributed by atoms with Crippen LogP contribution in [0.4, 0.5) is 0 Å². The smallest absolute Gasteiger partial charge is 0.339 e. The van der Waals surface area contributed by atoms with E-state index in [2.05, 4.69) is 0 Å². The lowest BCUT2D eigenvalue weighted by Crippen LogP contribution is -2.40. The van der Waals surface area contributed by atoms with E-state index in [1.807, 2.05) is 0 Å². The zero-order valence-electron chi connectivity index (χ0n) is 8.74. The Morgan fingerprint density at radius 1 is 1.60 bits per heavy atom. The Balaban J connectivity index is 2.55. The predicted molar refractivity (Wildman–Crippen MR) is 61.0 cm³/mol. The van der Waals surface area contributed by atoms with Crippen molar-refractivity contribution in [3.63, 3.8) is 0 Å². The first-order valence-electron chi connectivity index (χ1n) is 4.93. The van der Waals surface area contributed by atoms with Crippen molar-refractivity contribution in [3.8, 4) is 0 Å². The molecule has 1 rings (SSSR count). The Kier molecular flexibility index (Phi) is 5.09. The zero-order valence-corrected chi connectivity index (χ0v) is 10.5. The van der Waals surface area contributed by atoms with E-state index in [9.17, 15) is 9.67 Å². The monoisotopic (exact) mass is 255 g/mol. The van der Waals surface area contributed by atoms with Crippen molar-refractivity contribution in [3.05, 3.63) is 0 Å². The van der Waals surface area contributed by atoms with Crippen LogP contribution in [0.25, 0.3) is 0 Å². The van der Waals surface area contributed by atoms with Crippen LogP contribution in [0.2, 0.25) is 0 Å². The average molecular weight is 255 g/mol. The van der Waals surface area contributed by atoms with Gasteiger partial charge >= 0.3 is 7.60 Å². The number of rotatable bonds is 5. The van der Waals surface area contributed by atoms with Gasteiger partial charge in [0.05, 0.1) is 6.10 Å². The molecule has 0 bridgehead atoms. The maximum absolute atomic E-state index is 10.9. The molecule has 15 heavy (non-hydrogen) atoms. The largest absolute Gasteiger partial charge is 0.392 e. The highest BCUT2D eigenvalue weighted by atomic mass is 32.2. The van der Waals surface area contributed by atoms with Gasteiger partial charge in [-0.1, -0.05) is 0 Å². The molecule has 1 aliphatic heterocycles. The van der Waals surface area contributed by atoms with E-state index in [4.69, 9.17) is 9.79 Å². The minimum absolute atomic E-state index is 0.192. The molecular weight excluding hydrogens is 237 g/mol. The van der Waals surface area contributed by atoms with Gasteiger partial charge in [0.15, 0.2) is 0 Å². The summed E-state index contributed by atoms with van der Waals surface area (Å²) in [7, 11) is -4.02. The van der Waals surface area contributed by atoms with Gasteiger partial charge in [0.1, 0.15) is 6.29 Å². The van der Waals surface area contributed by atoms with Crippen LogP contribution >= 0.6 is 19.4 Å². The van der Waals surface area contributed by atoms with Gasteiger partial charge in [0, 0.05) is 18.3 Å². The van der Waals surface area contributed by atoms with E-state index < -0.39 is 13.7 Å². The second-order valence-electron chi connectivity index (χ2n) is 3.94. The van der Waals surface area contributed by atoms with E-state index in [0.29, 0.717) is 6.54 Å². The molecule has 90 valence electrons. The fraction of sp³-hybridized carbons (Fsp3) is 1.00. The Labute approximate surface area is 94.0 Å². The number of hydrogen-bond donors (Lipinski definition) is 3. The van der Waals surface area contributed by atoms with Gasteiger partial charge in [-0.3, -0.25) is 9.46 Å². The number of nitrogens with zero attached hydrogens (tertiary/aromatic N) is 1. The summed E-state index contributed by atoms with van der Waals surface area (Å²) >= 11 is 1.79. The molecule has 0 saturated carbocycles. The van der Waals surface area contributed by atoms with Gasteiger partial charge in [-0.05, 0) is 19.1 Å². The van der Waals surface area contributed by atoms with Gasteiger partial charge in [0.2, 0.25) is 0 Å². The molecule has 2 atom stereocenters. The SMILES string of the molecule is CC(O)CN(CP(=O)(O)O)C1CCSC1. The Morgan fingerprint density at radius 3 is 2.67 bits per heavy atom. The molecule has 1 fully saturated rings. The summed E-state index contributed by atoms with van der Waals surface area (Å²) in [4.78, 5) is 19.6. The van der Waals surface area contributed by atoms with Crippen LogP contribution in [0.3, 0.4) is 0 Å². The van der Waals surface area contributed by atoms with Crippen molar-refractivity contribution in [1.82, 2.24) is 4.90 Å². The van der Waals surface area contributed by atoms with Gasteiger partial charge < -0.3 is 14.9 Å². The van der Waals surface area contributed by atoms with E-state index in [1.54, 1.807) is 23.6 Å². The molecule has 0 aromatic heterocycles. The molecule has 2 unspecified atom stereocenters. The van der Waals surface area contributed by atoms with E-state index >= 15 is 0 Å². The second-order valence-corrected chi connectivity index (χ2v) is 6.71. The molecule has 3 N–H and O–H groups in total. The summed E-state index contributed by atoms with van der Waals surface area (Å²) in [5.74, 6) is 1.93. The van der Waals surface area contributed by atoms with Gasteiger partial charge in [-0.2, -0.15) is 11.8 Å². The summed E-state index contributed by atoms with van der Waals surface area (Å²) in [6, 6.07) is 0.192. The molecule has 0 aromatic carbocycles. The molecule has 0 aromatic rings. The molecule has 0 aliphatic carbocycles. The lowest BCUT2D eigenvalue weighted by Gasteiger charge is -2.29. The molecule has 1 saturated heterocycles. The average Bonchev–Trinajstić information content (AvgIpc) is 2.50. The third-order valence-electron chi connectivity index (χ3n) is 2.29. The highest BCUT2D eigenvalue weighted by molar-refractivity contribution is 7.99. The van der Waals surface area contributed by atoms with Crippen LogP contribution in [0.5, 0.6) is 0 Å². The van der Waals surface area contributed by atoms with Crippen molar-refractivity contribution in [2.45, 2.75) is 25.5 Å². The van der Waals surface area contributed by atoms with Crippen LogP contribution in [0.15, 0.2) is 0 Å². The van der Waals surface area contributed by atoms with E-state index in [0.717, 1.165) is 17.9 Å². The molecule has 5 nitrogen and oxygen atoms in total. The summed E-state index contributed by atoms with van der Waals surface area (Å²) in [6.07, 6.45) is 0.141. The molecule has 0 amide bonds. The van der Waals surface area contributed by atoms with Gasteiger partial charge in [-0.25, -0.2) is 0 Å². The molecule has 0 spiro atoms. The van der Waals surface area contributed by atoms with Gasteiger partial charge in [-0.15, -0.1) is 0 Å². The quantitative estimate of drug-likeness (QED) is 0.613. The molecular formula is C8H18NO4PS. The minimum Gasteiger partial charge on any atom is -0.392 e. The Morgan fingerprint density at radius 2 is 2.27 bits per heavy atom. The lowest BCUT2D eigenvalue weighted by molar-refractivity contribution is 0.113. The van der Waals surface area contributed by atoms with Crippen LogP contribution in [0.1, 0.15) is 13.3 Å². The maximum Gasteiger partial charge on any atom is 0.339 e. The maximum atomic E-state index is 10.9.